The Morgan fingerprint density at radius 3 is 1.34 bits per heavy atom. The van der Waals surface area contributed by atoms with E-state index in [1.807, 2.05) is 0 Å². The first-order chi connectivity index (χ1) is 24.5. The molecule has 1 heterocycles. The summed E-state index contributed by atoms with van der Waals surface area (Å²) in [6, 6.07) is 0. The third-order valence-corrected chi connectivity index (χ3v) is 11.6. The second-order valence-corrected chi connectivity index (χ2v) is 16.4. The summed E-state index contributed by atoms with van der Waals surface area (Å²) in [4.78, 5) is 2.33. The number of rotatable bonds is 32. The summed E-state index contributed by atoms with van der Waals surface area (Å²) in [6.07, 6.45) is 58.4. The van der Waals surface area contributed by atoms with E-state index < -0.39 is 5.79 Å². The number of unbranched alkanes of at least 4 members (excludes halogenated alkanes) is 18. The Morgan fingerprint density at radius 1 is 0.540 bits per heavy atom. The van der Waals surface area contributed by atoms with Gasteiger partial charge in [-0.05, 0) is 109 Å². The van der Waals surface area contributed by atoms with Crippen LogP contribution in [-0.4, -0.2) is 42.0 Å². The highest BCUT2D eigenvalue weighted by Crippen LogP contribution is 2.48. The van der Waals surface area contributed by atoms with Gasteiger partial charge in [0.05, 0.1) is 6.10 Å². The Kier molecular flexibility index (Phi) is 27.3. The first-order valence-electron chi connectivity index (χ1n) is 22.2. The van der Waals surface area contributed by atoms with Crippen LogP contribution in [0, 0.1) is 5.41 Å². The van der Waals surface area contributed by atoms with Crippen molar-refractivity contribution in [1.29, 1.82) is 0 Å². The van der Waals surface area contributed by atoms with Crippen LogP contribution in [0.25, 0.3) is 0 Å². The molecule has 1 saturated carbocycles. The minimum absolute atomic E-state index is 0.206. The molecule has 0 aromatic rings. The molecule has 290 valence electrons. The summed E-state index contributed by atoms with van der Waals surface area (Å²) in [5.41, 5.74) is 0.423. The van der Waals surface area contributed by atoms with Crippen LogP contribution in [0.4, 0.5) is 0 Å². The van der Waals surface area contributed by atoms with Crippen molar-refractivity contribution in [3.05, 3.63) is 48.6 Å². The van der Waals surface area contributed by atoms with Crippen LogP contribution in [0.5, 0.6) is 0 Å². The lowest BCUT2D eigenvalue weighted by Gasteiger charge is -2.45. The van der Waals surface area contributed by atoms with E-state index in [0.29, 0.717) is 5.41 Å². The molecule has 1 N–H and O–H groups in total. The van der Waals surface area contributed by atoms with Gasteiger partial charge < -0.3 is 14.7 Å². The van der Waals surface area contributed by atoms with Gasteiger partial charge in [-0.3, -0.25) is 0 Å². The zero-order valence-electron chi connectivity index (χ0n) is 33.8. The molecular formula is C47H85NO2. The Labute approximate surface area is 312 Å². The standard InChI is InChI=1S/C47H85NO2/c1-4-6-8-10-12-14-16-18-20-22-24-26-28-30-32-34-37-46(39-41-47(49,42-40-46)50-45-36-43-48(3)44-45)38-35-33-31-29-27-25-23-21-19-17-15-13-11-9-7-5-2/h12-15,18-21,45,49H,4-11,16-17,22-44H2,1-3H3/b14-12-,15-13-,20-18-,21-19-. The second-order valence-electron chi connectivity index (χ2n) is 16.4. The van der Waals surface area contributed by atoms with E-state index >= 15 is 0 Å². The summed E-state index contributed by atoms with van der Waals surface area (Å²) < 4.78 is 6.37. The molecule has 50 heavy (non-hydrogen) atoms. The van der Waals surface area contributed by atoms with Crippen LogP contribution in [0.2, 0.25) is 0 Å². The van der Waals surface area contributed by atoms with Crippen molar-refractivity contribution in [1.82, 2.24) is 4.90 Å². The van der Waals surface area contributed by atoms with Crippen LogP contribution >= 0.6 is 0 Å². The van der Waals surface area contributed by atoms with E-state index in [9.17, 15) is 5.11 Å². The van der Waals surface area contributed by atoms with Crippen molar-refractivity contribution in [3.63, 3.8) is 0 Å². The van der Waals surface area contributed by atoms with Gasteiger partial charge in [0.1, 0.15) is 0 Å². The maximum Gasteiger partial charge on any atom is 0.165 e. The van der Waals surface area contributed by atoms with Gasteiger partial charge in [-0.2, -0.15) is 0 Å². The maximum atomic E-state index is 11.4. The smallest absolute Gasteiger partial charge is 0.165 e. The molecule has 3 nitrogen and oxygen atoms in total. The molecule has 0 aromatic heterocycles. The third kappa shape index (κ3) is 23.4. The summed E-state index contributed by atoms with van der Waals surface area (Å²) in [7, 11) is 2.17. The fourth-order valence-corrected chi connectivity index (χ4v) is 8.19. The molecule has 1 aliphatic carbocycles. The number of ether oxygens (including phenoxy) is 1. The van der Waals surface area contributed by atoms with E-state index in [-0.39, 0.29) is 6.10 Å². The summed E-state index contributed by atoms with van der Waals surface area (Å²) in [5, 5.41) is 11.4. The molecule has 0 aromatic carbocycles. The van der Waals surface area contributed by atoms with Crippen LogP contribution in [0.15, 0.2) is 48.6 Å². The van der Waals surface area contributed by atoms with Gasteiger partial charge in [0, 0.05) is 25.9 Å². The monoisotopic (exact) mass is 696 g/mol. The molecule has 2 fully saturated rings. The highest BCUT2D eigenvalue weighted by molar-refractivity contribution is 4.94. The third-order valence-electron chi connectivity index (χ3n) is 11.6. The Hall–Kier alpha value is -1.16. The average Bonchev–Trinajstić information content (AvgIpc) is 3.52. The largest absolute Gasteiger partial charge is 0.365 e. The van der Waals surface area contributed by atoms with Crippen molar-refractivity contribution < 1.29 is 9.84 Å². The highest BCUT2D eigenvalue weighted by atomic mass is 16.6. The van der Waals surface area contributed by atoms with Gasteiger partial charge in [0.25, 0.3) is 0 Å². The minimum atomic E-state index is -0.891. The van der Waals surface area contributed by atoms with Crippen molar-refractivity contribution in [2.24, 2.45) is 5.41 Å². The predicted molar refractivity (Wildman–Crippen MR) is 221 cm³/mol. The molecule has 0 bridgehead atoms. The van der Waals surface area contributed by atoms with Gasteiger partial charge in [0.2, 0.25) is 0 Å². The topological polar surface area (TPSA) is 32.7 Å². The molecular weight excluding hydrogens is 611 g/mol. The fourth-order valence-electron chi connectivity index (χ4n) is 8.19. The van der Waals surface area contributed by atoms with Gasteiger partial charge in [-0.1, -0.05) is 152 Å². The summed E-state index contributed by atoms with van der Waals surface area (Å²) >= 11 is 0. The van der Waals surface area contributed by atoms with Crippen LogP contribution in [-0.2, 0) is 4.74 Å². The zero-order valence-corrected chi connectivity index (χ0v) is 33.8. The lowest BCUT2D eigenvalue weighted by Crippen LogP contribution is -2.44. The van der Waals surface area contributed by atoms with E-state index in [1.54, 1.807) is 0 Å². The van der Waals surface area contributed by atoms with Crippen molar-refractivity contribution in [2.75, 3.05) is 20.1 Å². The Bertz CT molecular complexity index is 830. The van der Waals surface area contributed by atoms with E-state index in [1.165, 1.54) is 154 Å². The second kappa shape index (κ2) is 30.3. The minimum Gasteiger partial charge on any atom is -0.365 e. The van der Waals surface area contributed by atoms with Crippen molar-refractivity contribution >= 4 is 0 Å². The molecule has 1 aliphatic heterocycles. The summed E-state index contributed by atoms with van der Waals surface area (Å²) in [5.74, 6) is -0.891. The zero-order chi connectivity index (χ0) is 35.9. The van der Waals surface area contributed by atoms with Gasteiger partial charge in [-0.25, -0.2) is 0 Å². The molecule has 1 unspecified atom stereocenters. The van der Waals surface area contributed by atoms with E-state index in [0.717, 1.165) is 58.0 Å². The number of likely N-dealkylation sites (N-methyl/N-ethyl adjacent to an activating group) is 1. The van der Waals surface area contributed by atoms with Crippen LogP contribution in [0.1, 0.15) is 213 Å². The SMILES string of the molecule is CCCCC/C=C\C/C=C\CCCCCCCCC1(CCCCCCCC/C=C\C/C=C\CCCCC)CCC(O)(OC2CCN(C)C2)CC1. The number of likely N-dealkylation sites (tertiary alicyclic amines) is 1. The Balaban J connectivity index is 1.61. The van der Waals surface area contributed by atoms with E-state index in [4.69, 9.17) is 4.74 Å². The van der Waals surface area contributed by atoms with Crippen LogP contribution in [0.3, 0.4) is 0 Å². The normalized spacial score (nSPS) is 19.7. The van der Waals surface area contributed by atoms with Crippen molar-refractivity contribution in [2.45, 2.75) is 225 Å². The lowest BCUT2D eigenvalue weighted by molar-refractivity contribution is -0.253. The number of hydrogen-bond donors (Lipinski definition) is 1. The lowest BCUT2D eigenvalue weighted by atomic mass is 9.66. The molecule has 2 rings (SSSR count). The quantitative estimate of drug-likeness (QED) is 0.0432. The molecule has 1 atom stereocenters. The van der Waals surface area contributed by atoms with Crippen molar-refractivity contribution in [3.8, 4) is 0 Å². The predicted octanol–water partition coefficient (Wildman–Crippen LogP) is 14.4. The summed E-state index contributed by atoms with van der Waals surface area (Å²) in [6.45, 7) is 6.60. The number of aliphatic hydroxyl groups is 1. The maximum absolute atomic E-state index is 11.4. The molecule has 2 aliphatic rings. The van der Waals surface area contributed by atoms with Gasteiger partial charge in [0.15, 0.2) is 5.79 Å². The van der Waals surface area contributed by atoms with Gasteiger partial charge in [-0.15, -0.1) is 0 Å². The molecule has 1 saturated heterocycles. The number of nitrogens with zero attached hydrogens (tertiary/aromatic N) is 1. The molecule has 3 heteroatoms. The average molecular weight is 696 g/mol. The Morgan fingerprint density at radius 2 is 0.940 bits per heavy atom. The fraction of sp³-hybridized carbons (Fsp3) is 0.830. The molecule has 0 spiro atoms. The van der Waals surface area contributed by atoms with Gasteiger partial charge >= 0.3 is 0 Å². The molecule has 0 amide bonds. The number of allylic oxidation sites excluding steroid dienone is 8. The van der Waals surface area contributed by atoms with Crippen LogP contribution < -0.4 is 0 Å². The number of hydrogen-bond acceptors (Lipinski definition) is 3. The highest BCUT2D eigenvalue weighted by Gasteiger charge is 2.43. The molecule has 0 radical (unpaired) electrons. The van der Waals surface area contributed by atoms with E-state index in [2.05, 4.69) is 74.4 Å². The first kappa shape index (κ1) is 45.0. The first-order valence-corrected chi connectivity index (χ1v) is 22.2.